The molecule has 0 radical (unpaired) electrons. The van der Waals surface area contributed by atoms with Gasteiger partial charge >= 0.3 is 6.36 Å². The van der Waals surface area contributed by atoms with Crippen molar-refractivity contribution < 1.29 is 32.2 Å². The van der Waals surface area contributed by atoms with Crippen molar-refractivity contribution in [3.8, 4) is 17.2 Å². The van der Waals surface area contributed by atoms with Crippen molar-refractivity contribution in [3.63, 3.8) is 0 Å². The maximum atomic E-state index is 12.1. The molecule has 0 amide bonds. The molecule has 130 valence electrons. The molecule has 5 nitrogen and oxygen atoms in total. The fourth-order valence-electron chi connectivity index (χ4n) is 2.11. The molecule has 1 heterocycles. The van der Waals surface area contributed by atoms with E-state index in [2.05, 4.69) is 10.1 Å². The van der Waals surface area contributed by atoms with Gasteiger partial charge in [-0.3, -0.25) is 4.79 Å². The van der Waals surface area contributed by atoms with Gasteiger partial charge in [0.05, 0.1) is 0 Å². The van der Waals surface area contributed by atoms with E-state index < -0.39 is 6.36 Å². The number of rotatable bonds is 5. The number of hydrogen-bond donors (Lipinski definition) is 1. The molecule has 0 aliphatic carbocycles. The highest BCUT2D eigenvalue weighted by atomic mass is 19.4. The lowest BCUT2D eigenvalue weighted by atomic mass is 10.1. The van der Waals surface area contributed by atoms with E-state index in [1.54, 1.807) is 18.2 Å². The van der Waals surface area contributed by atoms with E-state index in [9.17, 15) is 18.0 Å². The average molecular weight is 351 g/mol. The van der Waals surface area contributed by atoms with Gasteiger partial charge in [0.1, 0.15) is 5.75 Å². The minimum Gasteiger partial charge on any atom is -0.454 e. The minimum atomic E-state index is -4.73. The summed E-state index contributed by atoms with van der Waals surface area (Å²) in [5, 5.41) is 2.79. The molecule has 0 fully saturated rings. The Bertz CT molecular complexity index is 801. The van der Waals surface area contributed by atoms with E-state index >= 15 is 0 Å². The smallest absolute Gasteiger partial charge is 0.454 e. The Balaban J connectivity index is 1.58. The summed E-state index contributed by atoms with van der Waals surface area (Å²) in [6.07, 6.45) is -2.03. The molecule has 25 heavy (non-hydrogen) atoms. The van der Waals surface area contributed by atoms with E-state index in [0.717, 1.165) is 0 Å². The minimum absolute atomic E-state index is 0.123. The lowest BCUT2D eigenvalue weighted by molar-refractivity contribution is -0.274. The van der Waals surface area contributed by atoms with Gasteiger partial charge in [0.15, 0.2) is 17.3 Å². The van der Waals surface area contributed by atoms with Crippen LogP contribution in [-0.4, -0.2) is 18.9 Å². The number of fused-ring (bicyclic) bond motifs is 1. The van der Waals surface area contributed by atoms with Crippen molar-refractivity contribution in [2.45, 2.75) is 6.36 Å². The van der Waals surface area contributed by atoms with Crippen molar-refractivity contribution in [2.24, 2.45) is 0 Å². The largest absolute Gasteiger partial charge is 0.573 e. The third kappa shape index (κ3) is 4.43. The topological polar surface area (TPSA) is 56.8 Å². The summed E-state index contributed by atoms with van der Waals surface area (Å²) >= 11 is 0. The fraction of sp³-hybridized carbons (Fsp3) is 0.118. The zero-order valence-corrected chi connectivity index (χ0v) is 12.7. The van der Waals surface area contributed by atoms with Crippen LogP contribution in [0.15, 0.2) is 54.7 Å². The molecule has 0 bridgehead atoms. The number of hydrogen-bond acceptors (Lipinski definition) is 5. The van der Waals surface area contributed by atoms with Crippen molar-refractivity contribution >= 4 is 11.5 Å². The number of ether oxygens (including phenoxy) is 3. The number of ketones is 1. The van der Waals surface area contributed by atoms with E-state index in [4.69, 9.17) is 9.47 Å². The normalized spacial score (nSPS) is 13.1. The van der Waals surface area contributed by atoms with E-state index in [1.165, 1.54) is 36.5 Å². The van der Waals surface area contributed by atoms with Crippen molar-refractivity contribution in [3.05, 3.63) is 60.3 Å². The number of nitrogens with one attached hydrogen (secondary N) is 1. The lowest BCUT2D eigenvalue weighted by Gasteiger charge is -2.09. The van der Waals surface area contributed by atoms with Crippen LogP contribution >= 0.6 is 0 Å². The Hall–Kier alpha value is -3.16. The van der Waals surface area contributed by atoms with Crippen LogP contribution in [0.3, 0.4) is 0 Å². The standard InChI is InChI=1S/C17H12F3NO4/c18-17(19,20)25-13-4-2-12(3-5-13)21-8-7-14(22)11-1-6-15-16(9-11)24-10-23-15/h1-9,21H,10H2/b8-7+. The van der Waals surface area contributed by atoms with E-state index in [1.807, 2.05) is 0 Å². The Morgan fingerprint density at radius 2 is 1.80 bits per heavy atom. The van der Waals surface area contributed by atoms with Gasteiger partial charge in [0.25, 0.3) is 0 Å². The molecule has 1 aliphatic rings. The number of carbonyl (C=O) groups is 1. The summed E-state index contributed by atoms with van der Waals surface area (Å²) in [7, 11) is 0. The number of allylic oxidation sites excluding steroid dienone is 1. The molecule has 2 aromatic rings. The summed E-state index contributed by atoms with van der Waals surface area (Å²) in [5.41, 5.74) is 0.931. The molecule has 3 rings (SSSR count). The molecule has 0 saturated heterocycles. The molecule has 0 atom stereocenters. The highest BCUT2D eigenvalue weighted by Gasteiger charge is 2.30. The number of alkyl halides is 3. The molecule has 0 aromatic heterocycles. The predicted molar refractivity (Wildman–Crippen MR) is 82.8 cm³/mol. The fourth-order valence-corrected chi connectivity index (χ4v) is 2.11. The third-order valence-corrected chi connectivity index (χ3v) is 3.23. The van der Waals surface area contributed by atoms with Gasteiger partial charge in [0, 0.05) is 23.5 Å². The van der Waals surface area contributed by atoms with Gasteiger partial charge < -0.3 is 19.5 Å². The first-order valence-corrected chi connectivity index (χ1v) is 7.14. The summed E-state index contributed by atoms with van der Waals surface area (Å²) in [4.78, 5) is 12.1. The summed E-state index contributed by atoms with van der Waals surface area (Å²) in [6, 6.07) is 9.98. The molecule has 8 heteroatoms. The Kier molecular flexibility index (Phi) is 4.51. The zero-order chi connectivity index (χ0) is 17.9. The van der Waals surface area contributed by atoms with Gasteiger partial charge in [-0.15, -0.1) is 13.2 Å². The van der Waals surface area contributed by atoms with Crippen molar-refractivity contribution in [1.29, 1.82) is 0 Å². The molecule has 0 unspecified atom stereocenters. The molecule has 2 aromatic carbocycles. The van der Waals surface area contributed by atoms with Crippen molar-refractivity contribution in [2.75, 3.05) is 12.1 Å². The molecular formula is C17H12F3NO4. The van der Waals surface area contributed by atoms with Gasteiger partial charge in [-0.1, -0.05) is 0 Å². The highest BCUT2D eigenvalue weighted by Crippen LogP contribution is 2.32. The molecule has 0 saturated carbocycles. The quantitative estimate of drug-likeness (QED) is 0.649. The predicted octanol–water partition coefficient (Wildman–Crippen LogP) is 4.12. The number of anilines is 1. The summed E-state index contributed by atoms with van der Waals surface area (Å²) in [5.74, 6) is 0.508. The van der Waals surface area contributed by atoms with Gasteiger partial charge in [0.2, 0.25) is 6.79 Å². The van der Waals surface area contributed by atoms with Gasteiger partial charge in [-0.25, -0.2) is 0 Å². The van der Waals surface area contributed by atoms with Gasteiger partial charge in [-0.05, 0) is 42.5 Å². The first-order valence-electron chi connectivity index (χ1n) is 7.14. The third-order valence-electron chi connectivity index (χ3n) is 3.23. The maximum absolute atomic E-state index is 12.1. The number of halogens is 3. The lowest BCUT2D eigenvalue weighted by Crippen LogP contribution is -2.16. The van der Waals surface area contributed by atoms with Crippen molar-refractivity contribution in [1.82, 2.24) is 0 Å². The Morgan fingerprint density at radius 3 is 2.52 bits per heavy atom. The van der Waals surface area contributed by atoms with Crippen LogP contribution < -0.4 is 19.5 Å². The molecule has 1 N–H and O–H groups in total. The number of benzene rings is 2. The average Bonchev–Trinajstić information content (AvgIpc) is 3.02. The highest BCUT2D eigenvalue weighted by molar-refractivity contribution is 6.05. The second-order valence-electron chi connectivity index (χ2n) is 4.98. The van der Waals surface area contributed by atoms with Crippen LogP contribution in [0.4, 0.5) is 18.9 Å². The molecular weight excluding hydrogens is 339 g/mol. The monoisotopic (exact) mass is 351 g/mol. The van der Waals surface area contributed by atoms with Crippen LogP contribution in [0.1, 0.15) is 10.4 Å². The summed E-state index contributed by atoms with van der Waals surface area (Å²) in [6.45, 7) is 0.123. The van der Waals surface area contributed by atoms with Crippen LogP contribution in [0, 0.1) is 0 Å². The Labute approximate surface area is 140 Å². The first-order chi connectivity index (χ1) is 11.9. The SMILES string of the molecule is O=C(/C=C/Nc1ccc(OC(F)(F)F)cc1)c1ccc2c(c1)OCO2. The molecule has 0 spiro atoms. The zero-order valence-electron chi connectivity index (χ0n) is 12.7. The second kappa shape index (κ2) is 6.76. The summed E-state index contributed by atoms with van der Waals surface area (Å²) < 4.78 is 50.4. The van der Waals surface area contributed by atoms with Crippen LogP contribution in [0.25, 0.3) is 0 Å². The van der Waals surface area contributed by atoms with E-state index in [0.29, 0.717) is 22.7 Å². The number of carbonyl (C=O) groups excluding carboxylic acids is 1. The first kappa shape index (κ1) is 16.7. The Morgan fingerprint density at radius 1 is 1.08 bits per heavy atom. The van der Waals surface area contributed by atoms with Crippen LogP contribution in [-0.2, 0) is 0 Å². The van der Waals surface area contributed by atoms with Crippen LogP contribution in [0.5, 0.6) is 17.2 Å². The van der Waals surface area contributed by atoms with E-state index in [-0.39, 0.29) is 18.3 Å². The van der Waals surface area contributed by atoms with Crippen LogP contribution in [0.2, 0.25) is 0 Å². The second-order valence-corrected chi connectivity index (χ2v) is 4.98. The maximum Gasteiger partial charge on any atom is 0.573 e. The van der Waals surface area contributed by atoms with Gasteiger partial charge in [-0.2, -0.15) is 0 Å². The molecule has 1 aliphatic heterocycles.